The first-order valence-corrected chi connectivity index (χ1v) is 5.43. The number of methoxy groups -OCH3 is 2. The summed E-state index contributed by atoms with van der Waals surface area (Å²) in [6, 6.07) is 2.30. The van der Waals surface area contributed by atoms with E-state index in [-0.39, 0.29) is 23.6 Å². The van der Waals surface area contributed by atoms with Crippen molar-refractivity contribution in [2.24, 2.45) is 5.73 Å². The van der Waals surface area contributed by atoms with Crippen LogP contribution in [0.4, 0.5) is 8.78 Å². The lowest BCUT2D eigenvalue weighted by Crippen LogP contribution is -2.22. The molecule has 0 fully saturated rings. The predicted molar refractivity (Wildman–Crippen MR) is 63.9 cm³/mol. The summed E-state index contributed by atoms with van der Waals surface area (Å²) in [5.74, 6) is -2.22. The smallest absolute Gasteiger partial charge is 0.312 e. The van der Waals surface area contributed by atoms with Crippen molar-refractivity contribution in [1.29, 1.82) is 0 Å². The zero-order valence-corrected chi connectivity index (χ0v) is 10.5. The lowest BCUT2D eigenvalue weighted by molar-refractivity contribution is -0.138. The van der Waals surface area contributed by atoms with E-state index in [1.807, 2.05) is 0 Å². The van der Waals surface area contributed by atoms with Crippen molar-refractivity contribution in [3.05, 3.63) is 23.3 Å². The summed E-state index contributed by atoms with van der Waals surface area (Å²) < 4.78 is 35.6. The Morgan fingerprint density at radius 1 is 1.26 bits per heavy atom. The molecule has 0 saturated heterocycles. The Kier molecular flexibility index (Phi) is 5.05. The molecule has 19 heavy (non-hydrogen) atoms. The number of rotatable bonds is 6. The van der Waals surface area contributed by atoms with Crippen molar-refractivity contribution in [3.8, 4) is 11.5 Å². The highest BCUT2D eigenvalue weighted by Gasteiger charge is 2.26. The maximum absolute atomic E-state index is 12.9. The number of benzene rings is 1. The van der Waals surface area contributed by atoms with Gasteiger partial charge in [0.05, 0.1) is 25.7 Å². The lowest BCUT2D eigenvalue weighted by Gasteiger charge is -2.18. The van der Waals surface area contributed by atoms with Crippen LogP contribution in [0.1, 0.15) is 23.5 Å². The van der Waals surface area contributed by atoms with E-state index in [0.717, 1.165) is 6.07 Å². The molecular formula is C12H15F2NO4. The number of hydrogen-bond donors (Lipinski definition) is 2. The molecule has 0 aromatic heterocycles. The van der Waals surface area contributed by atoms with Crippen LogP contribution >= 0.6 is 0 Å². The van der Waals surface area contributed by atoms with Crippen molar-refractivity contribution in [2.75, 3.05) is 20.8 Å². The van der Waals surface area contributed by atoms with Crippen LogP contribution in [-0.2, 0) is 4.79 Å². The predicted octanol–water partition coefficient (Wildman–Crippen LogP) is 1.77. The minimum absolute atomic E-state index is 0.0586. The van der Waals surface area contributed by atoms with Crippen LogP contribution < -0.4 is 15.2 Å². The minimum atomic E-state index is -2.79. The molecule has 7 heteroatoms. The van der Waals surface area contributed by atoms with E-state index >= 15 is 0 Å². The second-order valence-electron chi connectivity index (χ2n) is 3.76. The van der Waals surface area contributed by atoms with Gasteiger partial charge in [0.2, 0.25) is 0 Å². The number of ether oxygens (including phenoxy) is 2. The average Bonchev–Trinajstić information content (AvgIpc) is 2.38. The van der Waals surface area contributed by atoms with Crippen molar-refractivity contribution in [2.45, 2.75) is 12.3 Å². The van der Waals surface area contributed by atoms with E-state index in [9.17, 15) is 13.6 Å². The quantitative estimate of drug-likeness (QED) is 0.826. The van der Waals surface area contributed by atoms with Gasteiger partial charge >= 0.3 is 5.97 Å². The number of nitrogens with two attached hydrogens (primary N) is 1. The van der Waals surface area contributed by atoms with Gasteiger partial charge in [-0.1, -0.05) is 0 Å². The van der Waals surface area contributed by atoms with E-state index in [1.54, 1.807) is 0 Å². The summed E-state index contributed by atoms with van der Waals surface area (Å²) in [5, 5.41) is 9.05. The van der Waals surface area contributed by atoms with Crippen molar-refractivity contribution in [3.63, 3.8) is 0 Å². The van der Waals surface area contributed by atoms with Gasteiger partial charge in [-0.3, -0.25) is 4.79 Å². The number of carboxylic acid groups (broad SMARTS) is 1. The SMILES string of the molecule is COc1cc(OC)c(C(CN)C(=O)O)cc1C(F)F. The van der Waals surface area contributed by atoms with Crippen LogP contribution in [-0.4, -0.2) is 31.8 Å². The highest BCUT2D eigenvalue weighted by atomic mass is 19.3. The summed E-state index contributed by atoms with van der Waals surface area (Å²) in [7, 11) is 2.56. The summed E-state index contributed by atoms with van der Waals surface area (Å²) >= 11 is 0. The topological polar surface area (TPSA) is 81.8 Å². The fourth-order valence-corrected chi connectivity index (χ4v) is 1.75. The molecule has 0 amide bonds. The molecule has 1 aromatic carbocycles. The van der Waals surface area contributed by atoms with Gasteiger partial charge in [0.25, 0.3) is 6.43 Å². The minimum Gasteiger partial charge on any atom is -0.496 e. The van der Waals surface area contributed by atoms with Gasteiger partial charge in [0.1, 0.15) is 11.5 Å². The fraction of sp³-hybridized carbons (Fsp3) is 0.417. The maximum Gasteiger partial charge on any atom is 0.312 e. The molecule has 1 atom stereocenters. The largest absolute Gasteiger partial charge is 0.496 e. The van der Waals surface area contributed by atoms with E-state index < -0.39 is 23.9 Å². The molecule has 0 bridgehead atoms. The molecule has 0 aliphatic rings. The first-order chi connectivity index (χ1) is 8.96. The average molecular weight is 275 g/mol. The van der Waals surface area contributed by atoms with Gasteiger partial charge in [0, 0.05) is 18.2 Å². The third-order valence-electron chi connectivity index (χ3n) is 2.73. The zero-order valence-electron chi connectivity index (χ0n) is 10.5. The fourth-order valence-electron chi connectivity index (χ4n) is 1.75. The molecule has 106 valence electrons. The highest BCUT2D eigenvalue weighted by molar-refractivity contribution is 5.78. The molecule has 1 rings (SSSR count). The Labute approximate surface area is 108 Å². The van der Waals surface area contributed by atoms with E-state index in [1.165, 1.54) is 20.3 Å². The van der Waals surface area contributed by atoms with Gasteiger partial charge in [-0.2, -0.15) is 0 Å². The van der Waals surface area contributed by atoms with Crippen molar-refractivity contribution in [1.82, 2.24) is 0 Å². The van der Waals surface area contributed by atoms with E-state index in [4.69, 9.17) is 20.3 Å². The van der Waals surface area contributed by atoms with Crippen LogP contribution in [0.5, 0.6) is 11.5 Å². The molecule has 0 radical (unpaired) electrons. The number of carbonyl (C=O) groups is 1. The maximum atomic E-state index is 12.9. The van der Waals surface area contributed by atoms with Gasteiger partial charge < -0.3 is 20.3 Å². The summed E-state index contributed by atoms with van der Waals surface area (Å²) in [5.41, 5.74) is 5.09. The Morgan fingerprint density at radius 2 is 1.79 bits per heavy atom. The van der Waals surface area contributed by atoms with Crippen LogP contribution in [0, 0.1) is 0 Å². The number of halogens is 2. The first-order valence-electron chi connectivity index (χ1n) is 5.43. The van der Waals surface area contributed by atoms with Gasteiger partial charge in [-0.05, 0) is 6.07 Å². The molecule has 3 N–H and O–H groups in total. The van der Waals surface area contributed by atoms with Gasteiger partial charge in [0.15, 0.2) is 0 Å². The standard InChI is InChI=1S/C12H15F2NO4/c1-18-9-4-10(19-2)7(11(13)14)3-6(9)8(5-15)12(16)17/h3-4,8,11H,5,15H2,1-2H3,(H,16,17). The first kappa shape index (κ1) is 15.2. The van der Waals surface area contributed by atoms with E-state index in [0.29, 0.717) is 0 Å². The van der Waals surface area contributed by atoms with Gasteiger partial charge in [-0.25, -0.2) is 8.78 Å². The molecule has 0 aliphatic carbocycles. The summed E-state index contributed by atoms with van der Waals surface area (Å²) in [4.78, 5) is 11.1. The Balaban J connectivity index is 3.44. The number of aliphatic carboxylic acids is 1. The van der Waals surface area contributed by atoms with Crippen molar-refractivity contribution >= 4 is 5.97 Å². The molecular weight excluding hydrogens is 260 g/mol. The summed E-state index contributed by atoms with van der Waals surface area (Å²) in [6.45, 7) is -0.222. The Morgan fingerprint density at radius 3 is 2.16 bits per heavy atom. The Hall–Kier alpha value is -1.89. The number of carboxylic acids is 1. The molecule has 1 aromatic rings. The third-order valence-corrected chi connectivity index (χ3v) is 2.73. The molecule has 0 heterocycles. The van der Waals surface area contributed by atoms with Crippen LogP contribution in [0.15, 0.2) is 12.1 Å². The van der Waals surface area contributed by atoms with Crippen LogP contribution in [0.3, 0.4) is 0 Å². The monoisotopic (exact) mass is 275 g/mol. The number of hydrogen-bond acceptors (Lipinski definition) is 4. The molecule has 0 aliphatic heterocycles. The van der Waals surface area contributed by atoms with Crippen LogP contribution in [0.2, 0.25) is 0 Å². The second-order valence-corrected chi connectivity index (χ2v) is 3.76. The number of alkyl halides is 2. The molecule has 0 spiro atoms. The molecule has 1 unspecified atom stereocenters. The highest BCUT2D eigenvalue weighted by Crippen LogP contribution is 2.38. The second kappa shape index (κ2) is 6.33. The third kappa shape index (κ3) is 3.11. The van der Waals surface area contributed by atoms with Crippen molar-refractivity contribution < 1.29 is 28.2 Å². The van der Waals surface area contributed by atoms with Crippen LogP contribution in [0.25, 0.3) is 0 Å². The molecule has 0 saturated carbocycles. The van der Waals surface area contributed by atoms with Gasteiger partial charge in [-0.15, -0.1) is 0 Å². The summed E-state index contributed by atoms with van der Waals surface area (Å²) in [6.07, 6.45) is -2.79. The lowest BCUT2D eigenvalue weighted by atomic mass is 9.95. The zero-order chi connectivity index (χ0) is 14.6. The molecule has 5 nitrogen and oxygen atoms in total. The Bertz CT molecular complexity index is 465. The normalized spacial score (nSPS) is 12.3. The van der Waals surface area contributed by atoms with E-state index in [2.05, 4.69) is 0 Å².